The van der Waals surface area contributed by atoms with Gasteiger partial charge in [0.05, 0.1) is 25.6 Å². The number of nitrogen functional groups attached to an aromatic ring is 1. The lowest BCUT2D eigenvalue weighted by molar-refractivity contribution is 0.355. The molecule has 122 valence electrons. The van der Waals surface area contributed by atoms with Crippen LogP contribution in [0.5, 0.6) is 11.5 Å². The Labute approximate surface area is 139 Å². The molecule has 0 atom stereocenters. The Hall–Kier alpha value is -3.35. The predicted molar refractivity (Wildman–Crippen MR) is 92.2 cm³/mol. The van der Waals surface area contributed by atoms with Crippen molar-refractivity contribution in [2.45, 2.75) is 0 Å². The Morgan fingerprint density at radius 1 is 0.958 bits per heavy atom. The first-order chi connectivity index (χ1) is 11.7. The molecule has 0 spiro atoms. The molecular formula is C17H17N5O2. The average Bonchev–Trinajstić information content (AvgIpc) is 3.00. The van der Waals surface area contributed by atoms with E-state index in [1.165, 1.54) is 0 Å². The van der Waals surface area contributed by atoms with E-state index >= 15 is 0 Å². The summed E-state index contributed by atoms with van der Waals surface area (Å²) in [6, 6.07) is 14.9. The van der Waals surface area contributed by atoms with Crippen LogP contribution in [0.25, 0.3) is 11.3 Å². The lowest BCUT2D eigenvalue weighted by Crippen LogP contribution is -1.91. The molecule has 0 aliphatic carbocycles. The van der Waals surface area contributed by atoms with Crippen molar-refractivity contribution in [1.29, 1.82) is 0 Å². The summed E-state index contributed by atoms with van der Waals surface area (Å²) in [5.41, 5.74) is 8.61. The summed E-state index contributed by atoms with van der Waals surface area (Å²) in [4.78, 5) is 0. The number of nitrogens with two attached hydrogens (primary N) is 1. The van der Waals surface area contributed by atoms with Crippen LogP contribution >= 0.6 is 0 Å². The maximum absolute atomic E-state index is 5.92. The van der Waals surface area contributed by atoms with Crippen molar-refractivity contribution in [3.05, 3.63) is 48.5 Å². The summed E-state index contributed by atoms with van der Waals surface area (Å²) < 4.78 is 10.6. The number of rotatable bonds is 5. The summed E-state index contributed by atoms with van der Waals surface area (Å²) >= 11 is 0. The lowest BCUT2D eigenvalue weighted by atomic mass is 10.1. The number of methoxy groups -OCH3 is 2. The molecule has 0 aliphatic rings. The molecule has 7 heteroatoms. The van der Waals surface area contributed by atoms with Crippen molar-refractivity contribution in [2.24, 2.45) is 10.2 Å². The number of nitrogens with one attached hydrogen (secondary N) is 1. The van der Waals surface area contributed by atoms with Gasteiger partial charge in [-0.2, -0.15) is 10.2 Å². The molecule has 0 bridgehead atoms. The highest BCUT2D eigenvalue weighted by Crippen LogP contribution is 2.38. The van der Waals surface area contributed by atoms with E-state index in [1.807, 2.05) is 48.5 Å². The van der Waals surface area contributed by atoms with Crippen LogP contribution in [0.15, 0.2) is 58.8 Å². The van der Waals surface area contributed by atoms with Crippen molar-refractivity contribution in [3.63, 3.8) is 0 Å². The molecule has 1 aromatic heterocycles. The third-order valence-corrected chi connectivity index (χ3v) is 3.46. The van der Waals surface area contributed by atoms with Gasteiger partial charge in [-0.05, 0) is 30.3 Å². The molecule has 1 heterocycles. The summed E-state index contributed by atoms with van der Waals surface area (Å²) in [6.07, 6.45) is 0. The maximum atomic E-state index is 5.92. The summed E-state index contributed by atoms with van der Waals surface area (Å²) in [5, 5.41) is 15.4. The third-order valence-electron chi connectivity index (χ3n) is 3.46. The number of anilines is 1. The van der Waals surface area contributed by atoms with Crippen LogP contribution in [-0.4, -0.2) is 24.4 Å². The number of aromatic nitrogens is 2. The summed E-state index contributed by atoms with van der Waals surface area (Å²) in [6.45, 7) is 0. The first-order valence-corrected chi connectivity index (χ1v) is 7.26. The van der Waals surface area contributed by atoms with E-state index in [2.05, 4.69) is 20.4 Å². The van der Waals surface area contributed by atoms with Crippen LogP contribution in [-0.2, 0) is 0 Å². The van der Waals surface area contributed by atoms with Gasteiger partial charge in [-0.3, -0.25) is 5.10 Å². The number of hydrogen-bond acceptors (Lipinski definition) is 6. The average molecular weight is 323 g/mol. The third kappa shape index (κ3) is 3.05. The highest BCUT2D eigenvalue weighted by Gasteiger charge is 2.15. The summed E-state index contributed by atoms with van der Waals surface area (Å²) in [5.74, 6) is 1.52. The van der Waals surface area contributed by atoms with Gasteiger partial charge in [-0.15, -0.1) is 5.11 Å². The smallest absolute Gasteiger partial charge is 0.173 e. The topological polar surface area (TPSA) is 97.9 Å². The zero-order valence-electron chi connectivity index (χ0n) is 13.4. The standard InChI is InChI=1S/C17H17N5O2/c1-23-13-9-8-11(10-14(13)24-2)15-16(17(18)22-20-15)21-19-12-6-4-3-5-7-12/h3-10H,1-2H3,(H3,18,20,22). The molecule has 0 saturated heterocycles. The van der Waals surface area contributed by atoms with Crippen LogP contribution < -0.4 is 15.2 Å². The van der Waals surface area contributed by atoms with Crippen LogP contribution in [0.1, 0.15) is 0 Å². The van der Waals surface area contributed by atoms with Gasteiger partial charge >= 0.3 is 0 Å². The normalized spacial score (nSPS) is 10.9. The second-order valence-corrected chi connectivity index (χ2v) is 4.94. The zero-order valence-corrected chi connectivity index (χ0v) is 13.4. The highest BCUT2D eigenvalue weighted by atomic mass is 16.5. The number of azo groups is 1. The van der Waals surface area contributed by atoms with Gasteiger partial charge in [0, 0.05) is 5.56 Å². The molecule has 3 aromatic rings. The van der Waals surface area contributed by atoms with E-state index in [0.717, 1.165) is 11.3 Å². The molecular weight excluding hydrogens is 306 g/mol. The van der Waals surface area contributed by atoms with Gasteiger partial charge in [0.15, 0.2) is 23.0 Å². The van der Waals surface area contributed by atoms with Crippen LogP contribution in [0, 0.1) is 0 Å². The number of nitrogens with zero attached hydrogens (tertiary/aromatic N) is 3. The first-order valence-electron chi connectivity index (χ1n) is 7.26. The summed E-state index contributed by atoms with van der Waals surface area (Å²) in [7, 11) is 3.17. The largest absolute Gasteiger partial charge is 0.493 e. The Balaban J connectivity index is 2.00. The molecule has 0 unspecified atom stereocenters. The first kappa shape index (κ1) is 15.5. The van der Waals surface area contributed by atoms with E-state index in [-0.39, 0.29) is 5.82 Å². The molecule has 0 amide bonds. The van der Waals surface area contributed by atoms with Crippen molar-refractivity contribution in [2.75, 3.05) is 20.0 Å². The molecule has 3 rings (SSSR count). The lowest BCUT2D eigenvalue weighted by Gasteiger charge is -2.09. The van der Waals surface area contributed by atoms with Crippen LogP contribution in [0.4, 0.5) is 17.2 Å². The molecule has 0 aliphatic heterocycles. The second-order valence-electron chi connectivity index (χ2n) is 4.94. The Kier molecular flexibility index (Phi) is 4.42. The predicted octanol–water partition coefficient (Wildman–Crippen LogP) is 4.09. The Bertz CT molecular complexity index is 859. The van der Waals surface area contributed by atoms with Gasteiger partial charge in [0.1, 0.15) is 0 Å². The molecule has 0 radical (unpaired) electrons. The van der Waals surface area contributed by atoms with E-state index in [0.29, 0.717) is 22.9 Å². The van der Waals surface area contributed by atoms with E-state index in [4.69, 9.17) is 15.2 Å². The molecule has 24 heavy (non-hydrogen) atoms. The fraction of sp³-hybridized carbons (Fsp3) is 0.118. The molecule has 0 saturated carbocycles. The van der Waals surface area contributed by atoms with Gasteiger partial charge < -0.3 is 15.2 Å². The fourth-order valence-electron chi connectivity index (χ4n) is 2.25. The monoisotopic (exact) mass is 323 g/mol. The number of H-pyrrole nitrogens is 1. The highest BCUT2D eigenvalue weighted by molar-refractivity contribution is 5.80. The number of ether oxygens (including phenoxy) is 2. The minimum Gasteiger partial charge on any atom is -0.493 e. The minimum atomic E-state index is 0.277. The van der Waals surface area contributed by atoms with Crippen molar-refractivity contribution in [1.82, 2.24) is 10.2 Å². The Morgan fingerprint density at radius 2 is 1.71 bits per heavy atom. The minimum absolute atomic E-state index is 0.277. The molecule has 3 N–H and O–H groups in total. The van der Waals surface area contributed by atoms with E-state index in [1.54, 1.807) is 14.2 Å². The van der Waals surface area contributed by atoms with Crippen LogP contribution in [0.3, 0.4) is 0 Å². The zero-order chi connectivity index (χ0) is 16.9. The van der Waals surface area contributed by atoms with Gasteiger partial charge in [0.2, 0.25) is 0 Å². The Morgan fingerprint density at radius 3 is 2.42 bits per heavy atom. The van der Waals surface area contributed by atoms with Crippen LogP contribution in [0.2, 0.25) is 0 Å². The van der Waals surface area contributed by atoms with E-state index in [9.17, 15) is 0 Å². The van der Waals surface area contributed by atoms with Crippen molar-refractivity contribution in [3.8, 4) is 22.8 Å². The fourth-order valence-corrected chi connectivity index (χ4v) is 2.25. The van der Waals surface area contributed by atoms with Gasteiger partial charge in [-0.1, -0.05) is 18.2 Å². The van der Waals surface area contributed by atoms with Gasteiger partial charge in [-0.25, -0.2) is 0 Å². The quantitative estimate of drug-likeness (QED) is 0.691. The maximum Gasteiger partial charge on any atom is 0.173 e. The number of aromatic amines is 1. The molecule has 0 fully saturated rings. The SMILES string of the molecule is COc1ccc(-c2[nH]nc(N)c2N=Nc2ccccc2)cc1OC. The number of hydrogen-bond donors (Lipinski definition) is 2. The number of benzene rings is 2. The molecule has 2 aromatic carbocycles. The van der Waals surface area contributed by atoms with Gasteiger partial charge in [0.25, 0.3) is 0 Å². The van der Waals surface area contributed by atoms with Crippen molar-refractivity contribution >= 4 is 17.2 Å². The van der Waals surface area contributed by atoms with E-state index < -0.39 is 0 Å². The van der Waals surface area contributed by atoms with Crippen molar-refractivity contribution < 1.29 is 9.47 Å². The second kappa shape index (κ2) is 6.82. The molecule has 7 nitrogen and oxygen atoms in total.